The highest BCUT2D eigenvalue weighted by Gasteiger charge is 2.01. The van der Waals surface area contributed by atoms with Crippen molar-refractivity contribution < 1.29 is 0 Å². The van der Waals surface area contributed by atoms with Crippen LogP contribution in [0.5, 0.6) is 0 Å². The smallest absolute Gasteiger partial charge is 0.131 e. The number of hydrogen-bond donors (Lipinski definition) is 1. The van der Waals surface area contributed by atoms with Gasteiger partial charge < -0.3 is 5.73 Å². The molecule has 0 bridgehead atoms. The van der Waals surface area contributed by atoms with Crippen LogP contribution in [0.3, 0.4) is 0 Å². The highest BCUT2D eigenvalue weighted by atomic mass is 35.5. The Morgan fingerprint density at radius 1 is 1.11 bits per heavy atom. The Labute approximate surface area is 120 Å². The molecule has 0 fully saturated rings. The van der Waals surface area contributed by atoms with Crippen molar-refractivity contribution in [2.24, 2.45) is 10.7 Å². The molecule has 19 heavy (non-hydrogen) atoms. The van der Waals surface area contributed by atoms with E-state index < -0.39 is 0 Å². The van der Waals surface area contributed by atoms with E-state index in [1.807, 2.05) is 36.4 Å². The summed E-state index contributed by atoms with van der Waals surface area (Å²) in [7, 11) is 0. The molecule has 0 atom stereocenters. The second-order valence-electron chi connectivity index (χ2n) is 4.35. The van der Waals surface area contributed by atoms with Gasteiger partial charge in [-0.3, -0.25) is 0 Å². The molecule has 2 rings (SSSR count). The number of halogens is 1. The Balaban J connectivity index is 0.00000180. The minimum absolute atomic E-state index is 0. The van der Waals surface area contributed by atoms with E-state index in [1.54, 1.807) is 0 Å². The van der Waals surface area contributed by atoms with E-state index in [0.29, 0.717) is 5.84 Å². The molecule has 0 radical (unpaired) electrons. The summed E-state index contributed by atoms with van der Waals surface area (Å²) in [6.07, 6.45) is 0.959. The van der Waals surface area contributed by atoms with Crippen LogP contribution in [0.25, 0.3) is 0 Å². The number of benzene rings is 2. The van der Waals surface area contributed by atoms with Crippen molar-refractivity contribution >= 4 is 23.9 Å². The molecule has 2 aromatic carbocycles. The number of amidine groups is 1. The third-order valence-electron chi connectivity index (χ3n) is 2.93. The summed E-state index contributed by atoms with van der Waals surface area (Å²) in [5.74, 6) is 0.569. The van der Waals surface area contributed by atoms with Crippen LogP contribution in [0.1, 0.15) is 23.6 Å². The molecular weight excluding hydrogens is 256 g/mol. The van der Waals surface area contributed by atoms with E-state index in [1.165, 1.54) is 11.1 Å². The Morgan fingerprint density at radius 3 is 2.53 bits per heavy atom. The number of para-hydroxylation sites is 1. The highest BCUT2D eigenvalue weighted by molar-refractivity contribution is 5.99. The van der Waals surface area contributed by atoms with Crippen molar-refractivity contribution in [2.45, 2.75) is 20.3 Å². The molecule has 0 aliphatic rings. The largest absolute Gasteiger partial charge is 0.383 e. The summed E-state index contributed by atoms with van der Waals surface area (Å²) < 4.78 is 0. The minimum atomic E-state index is 0. The molecule has 0 heterocycles. The Kier molecular flexibility index (Phi) is 5.58. The fraction of sp³-hybridized carbons (Fsp3) is 0.188. The molecule has 2 nitrogen and oxygen atoms in total. The van der Waals surface area contributed by atoms with Crippen LogP contribution >= 0.6 is 12.4 Å². The monoisotopic (exact) mass is 274 g/mol. The van der Waals surface area contributed by atoms with Gasteiger partial charge >= 0.3 is 0 Å². The van der Waals surface area contributed by atoms with E-state index in [9.17, 15) is 0 Å². The molecule has 100 valence electrons. The predicted octanol–water partition coefficient (Wildman–Crippen LogP) is 4.02. The van der Waals surface area contributed by atoms with Crippen LogP contribution in [0.2, 0.25) is 0 Å². The van der Waals surface area contributed by atoms with Crippen LogP contribution in [0.4, 0.5) is 5.69 Å². The lowest BCUT2D eigenvalue weighted by molar-refractivity contribution is 1.13. The first-order chi connectivity index (χ1) is 8.70. The number of nitrogens with two attached hydrogens (primary N) is 1. The highest BCUT2D eigenvalue weighted by Crippen LogP contribution is 2.19. The van der Waals surface area contributed by atoms with Gasteiger partial charge in [-0.15, -0.1) is 12.4 Å². The SMILES string of the molecule is CCc1ccccc1N=C(N)c1cccc(C)c1.Cl. The number of hydrogen-bond acceptors (Lipinski definition) is 1. The fourth-order valence-electron chi connectivity index (χ4n) is 1.92. The van der Waals surface area contributed by atoms with E-state index in [4.69, 9.17) is 5.73 Å². The zero-order chi connectivity index (χ0) is 13.0. The summed E-state index contributed by atoms with van der Waals surface area (Å²) in [5.41, 5.74) is 10.4. The lowest BCUT2D eigenvalue weighted by atomic mass is 10.1. The second-order valence-corrected chi connectivity index (χ2v) is 4.35. The van der Waals surface area contributed by atoms with Crippen molar-refractivity contribution in [2.75, 3.05) is 0 Å². The Hall–Kier alpha value is -1.80. The molecule has 3 heteroatoms. The maximum atomic E-state index is 6.07. The lowest BCUT2D eigenvalue weighted by Gasteiger charge is -2.05. The topological polar surface area (TPSA) is 38.4 Å². The molecule has 0 spiro atoms. The standard InChI is InChI=1S/C16H18N2.ClH/c1-3-13-8-4-5-10-15(13)18-16(17)14-9-6-7-12(2)11-14;/h4-11H,3H2,1-2H3,(H2,17,18);1H. The molecule has 0 saturated heterocycles. The molecule has 2 N–H and O–H groups in total. The van der Waals surface area contributed by atoms with Crippen LogP contribution in [0, 0.1) is 6.92 Å². The van der Waals surface area contributed by atoms with Gasteiger partial charge in [0.05, 0.1) is 5.69 Å². The minimum Gasteiger partial charge on any atom is -0.383 e. The van der Waals surface area contributed by atoms with Gasteiger partial charge in [0.25, 0.3) is 0 Å². The molecule has 0 unspecified atom stereocenters. The number of aryl methyl sites for hydroxylation is 2. The summed E-state index contributed by atoms with van der Waals surface area (Å²) in [6, 6.07) is 16.2. The van der Waals surface area contributed by atoms with Gasteiger partial charge in [0, 0.05) is 5.56 Å². The van der Waals surface area contributed by atoms with Gasteiger partial charge in [-0.05, 0) is 31.0 Å². The van der Waals surface area contributed by atoms with Gasteiger partial charge in [-0.2, -0.15) is 0 Å². The Morgan fingerprint density at radius 2 is 1.84 bits per heavy atom. The zero-order valence-corrected chi connectivity index (χ0v) is 12.1. The summed E-state index contributed by atoms with van der Waals surface area (Å²) in [4.78, 5) is 4.54. The summed E-state index contributed by atoms with van der Waals surface area (Å²) >= 11 is 0. The molecule has 0 aliphatic carbocycles. The maximum Gasteiger partial charge on any atom is 0.131 e. The number of nitrogens with zero attached hydrogens (tertiary/aromatic N) is 1. The van der Waals surface area contributed by atoms with Gasteiger partial charge in [-0.1, -0.05) is 48.9 Å². The first-order valence-corrected chi connectivity index (χ1v) is 6.20. The van der Waals surface area contributed by atoms with Gasteiger partial charge in [0.2, 0.25) is 0 Å². The Bertz CT molecular complexity index is 576. The molecule has 2 aromatic rings. The quantitative estimate of drug-likeness (QED) is 0.666. The van der Waals surface area contributed by atoms with Crippen molar-refractivity contribution in [3.63, 3.8) is 0 Å². The van der Waals surface area contributed by atoms with Gasteiger partial charge in [-0.25, -0.2) is 4.99 Å². The van der Waals surface area contributed by atoms with Crippen LogP contribution in [-0.2, 0) is 6.42 Å². The lowest BCUT2D eigenvalue weighted by Crippen LogP contribution is -2.12. The van der Waals surface area contributed by atoms with Gasteiger partial charge in [0.15, 0.2) is 0 Å². The first-order valence-electron chi connectivity index (χ1n) is 6.20. The molecule has 0 aliphatic heterocycles. The fourth-order valence-corrected chi connectivity index (χ4v) is 1.92. The van der Waals surface area contributed by atoms with E-state index in [-0.39, 0.29) is 12.4 Å². The van der Waals surface area contributed by atoms with E-state index in [0.717, 1.165) is 17.7 Å². The zero-order valence-electron chi connectivity index (χ0n) is 11.3. The summed E-state index contributed by atoms with van der Waals surface area (Å²) in [5, 5.41) is 0. The van der Waals surface area contributed by atoms with Crippen LogP contribution in [0.15, 0.2) is 53.5 Å². The number of aliphatic imine (C=N–C) groups is 1. The molecule has 0 amide bonds. The molecular formula is C16H19ClN2. The third kappa shape index (κ3) is 3.83. The third-order valence-corrected chi connectivity index (χ3v) is 2.93. The molecule has 0 aromatic heterocycles. The maximum absolute atomic E-state index is 6.07. The van der Waals surface area contributed by atoms with Crippen molar-refractivity contribution in [1.29, 1.82) is 0 Å². The van der Waals surface area contributed by atoms with Crippen molar-refractivity contribution in [3.05, 3.63) is 65.2 Å². The average molecular weight is 275 g/mol. The van der Waals surface area contributed by atoms with Crippen LogP contribution in [-0.4, -0.2) is 5.84 Å². The van der Waals surface area contributed by atoms with E-state index in [2.05, 4.69) is 31.0 Å². The summed E-state index contributed by atoms with van der Waals surface area (Å²) in [6.45, 7) is 4.17. The first kappa shape index (κ1) is 15.3. The van der Waals surface area contributed by atoms with Crippen molar-refractivity contribution in [3.8, 4) is 0 Å². The van der Waals surface area contributed by atoms with E-state index >= 15 is 0 Å². The van der Waals surface area contributed by atoms with Gasteiger partial charge in [0.1, 0.15) is 5.84 Å². The van der Waals surface area contributed by atoms with Crippen LogP contribution < -0.4 is 5.73 Å². The molecule has 0 saturated carbocycles. The average Bonchev–Trinajstić information content (AvgIpc) is 2.39. The predicted molar refractivity (Wildman–Crippen MR) is 84.6 cm³/mol. The second kappa shape index (κ2) is 6.95. The normalized spacial score (nSPS) is 10.9. The van der Waals surface area contributed by atoms with Crippen molar-refractivity contribution in [1.82, 2.24) is 0 Å². The number of rotatable bonds is 3.